The lowest BCUT2D eigenvalue weighted by molar-refractivity contribution is 0.215. The summed E-state index contributed by atoms with van der Waals surface area (Å²) in [6.45, 7) is 9.33. The van der Waals surface area contributed by atoms with Crippen LogP contribution in [-0.2, 0) is 21.7 Å². The third kappa shape index (κ3) is 3.11. The highest BCUT2D eigenvalue weighted by molar-refractivity contribution is 6.75. The van der Waals surface area contributed by atoms with E-state index >= 15 is 0 Å². The van der Waals surface area contributed by atoms with Gasteiger partial charge in [0.15, 0.2) is 0 Å². The molecule has 0 aliphatic carbocycles. The van der Waals surface area contributed by atoms with Gasteiger partial charge in [-0.25, -0.2) is 0 Å². The van der Waals surface area contributed by atoms with Crippen LogP contribution in [-0.4, -0.2) is 35.2 Å². The Morgan fingerprint density at radius 1 is 0.690 bits per heavy atom. The van der Waals surface area contributed by atoms with Crippen LogP contribution in [0.1, 0.15) is 38.8 Å². The lowest BCUT2D eigenvalue weighted by Crippen LogP contribution is -2.76. The fourth-order valence-electron chi connectivity index (χ4n) is 5.23. The van der Waals surface area contributed by atoms with Crippen LogP contribution in [0.3, 0.4) is 0 Å². The predicted molar refractivity (Wildman–Crippen MR) is 122 cm³/mol. The van der Waals surface area contributed by atoms with Crippen molar-refractivity contribution >= 4 is 20.3 Å². The van der Waals surface area contributed by atoms with Gasteiger partial charge in [-0.15, -0.1) is 0 Å². The highest BCUT2D eigenvalue weighted by Crippen LogP contribution is 2.44. The van der Waals surface area contributed by atoms with Crippen LogP contribution in [0, 0.1) is 11.8 Å². The van der Waals surface area contributed by atoms with Gasteiger partial charge < -0.3 is 18.0 Å². The van der Waals surface area contributed by atoms with Gasteiger partial charge in [-0.2, -0.15) is 0 Å². The fourth-order valence-corrected chi connectivity index (χ4v) is 9.00. The van der Waals surface area contributed by atoms with Crippen molar-refractivity contribution in [2.45, 2.75) is 52.6 Å². The molecule has 0 spiro atoms. The van der Waals surface area contributed by atoms with Crippen molar-refractivity contribution in [3.8, 4) is 0 Å². The number of hydrogen-bond acceptors (Lipinski definition) is 4. The molecule has 0 saturated carbocycles. The number of anilines is 2. The molecular weight excluding hydrogens is 376 g/mol. The summed E-state index contributed by atoms with van der Waals surface area (Å²) in [6, 6.07) is 18.2. The highest BCUT2D eigenvalue weighted by Gasteiger charge is 2.58. The summed E-state index contributed by atoms with van der Waals surface area (Å²) in [5, 5.41) is 0. The van der Waals surface area contributed by atoms with Gasteiger partial charge in [0.25, 0.3) is 0 Å². The minimum atomic E-state index is -2.99. The molecule has 156 valence electrons. The summed E-state index contributed by atoms with van der Waals surface area (Å²) in [7, 11) is 0.677. The van der Waals surface area contributed by atoms with Crippen LogP contribution < -0.4 is 9.13 Å². The lowest BCUT2D eigenvalue weighted by Gasteiger charge is -2.55. The molecule has 0 aromatic heterocycles. The second-order valence-electron chi connectivity index (χ2n) is 8.80. The first kappa shape index (κ1) is 20.4. The van der Waals surface area contributed by atoms with Gasteiger partial charge in [0.1, 0.15) is 0 Å². The molecular formula is C24H34N2O2Si. The minimum Gasteiger partial charge on any atom is -0.365 e. The minimum absolute atomic E-state index is 0.327. The predicted octanol–water partition coefficient (Wildman–Crippen LogP) is 4.89. The van der Waals surface area contributed by atoms with Crippen molar-refractivity contribution in [1.82, 2.24) is 0 Å². The Morgan fingerprint density at radius 2 is 1.07 bits per heavy atom. The third-order valence-corrected chi connectivity index (χ3v) is 10.8. The summed E-state index contributed by atoms with van der Waals surface area (Å²) >= 11 is 0. The van der Waals surface area contributed by atoms with Crippen LogP contribution in [0.2, 0.25) is 0 Å². The largest absolute Gasteiger partial charge is 0.588 e. The van der Waals surface area contributed by atoms with E-state index in [1.54, 1.807) is 0 Å². The van der Waals surface area contributed by atoms with Gasteiger partial charge in [0.2, 0.25) is 0 Å². The number of rotatable bonds is 4. The Balaban J connectivity index is 1.94. The molecule has 29 heavy (non-hydrogen) atoms. The zero-order chi connectivity index (χ0) is 20.8. The van der Waals surface area contributed by atoms with E-state index in [9.17, 15) is 0 Å². The van der Waals surface area contributed by atoms with E-state index in [1.807, 2.05) is 14.2 Å². The van der Waals surface area contributed by atoms with Crippen LogP contribution in [0.4, 0.5) is 11.4 Å². The van der Waals surface area contributed by atoms with Crippen LogP contribution in [0.15, 0.2) is 48.5 Å². The van der Waals surface area contributed by atoms with Gasteiger partial charge in [-0.05, 0) is 61.8 Å². The van der Waals surface area contributed by atoms with E-state index in [2.05, 4.69) is 85.4 Å². The normalized spacial score (nSPS) is 26.8. The maximum Gasteiger partial charge on any atom is 0.588 e. The first-order chi connectivity index (χ1) is 13.9. The van der Waals surface area contributed by atoms with E-state index in [4.69, 9.17) is 8.85 Å². The maximum absolute atomic E-state index is 6.49. The molecule has 4 unspecified atom stereocenters. The number of benzene rings is 2. The van der Waals surface area contributed by atoms with E-state index in [0.29, 0.717) is 23.9 Å². The average molecular weight is 411 g/mol. The monoisotopic (exact) mass is 410 g/mol. The second kappa shape index (κ2) is 7.78. The first-order valence-corrected chi connectivity index (χ1v) is 12.5. The molecule has 2 aliphatic heterocycles. The van der Waals surface area contributed by atoms with E-state index in [0.717, 1.165) is 12.8 Å². The topological polar surface area (TPSA) is 24.9 Å². The van der Waals surface area contributed by atoms with Crippen LogP contribution >= 0.6 is 0 Å². The zero-order valence-electron chi connectivity index (χ0n) is 18.6. The molecule has 2 aromatic carbocycles. The van der Waals surface area contributed by atoms with Crippen LogP contribution in [0.25, 0.3) is 0 Å². The summed E-state index contributed by atoms with van der Waals surface area (Å²) in [5.41, 5.74) is 5.29. The van der Waals surface area contributed by atoms with Crippen molar-refractivity contribution in [3.63, 3.8) is 0 Å². The highest BCUT2D eigenvalue weighted by atomic mass is 28.4. The van der Waals surface area contributed by atoms with Gasteiger partial charge in [0, 0.05) is 37.7 Å². The summed E-state index contributed by atoms with van der Waals surface area (Å²) in [4.78, 5) is 0. The van der Waals surface area contributed by atoms with Crippen molar-refractivity contribution in [2.75, 3.05) is 23.4 Å². The quantitative estimate of drug-likeness (QED) is 0.670. The molecule has 0 saturated heterocycles. The molecule has 5 heteroatoms. The first-order valence-electron chi connectivity index (χ1n) is 10.8. The molecule has 0 amide bonds. The number of nitrogens with zero attached hydrogens (tertiary/aromatic N) is 2. The fraction of sp³-hybridized carbons (Fsp3) is 0.500. The lowest BCUT2D eigenvalue weighted by atomic mass is 9.89. The molecule has 4 nitrogen and oxygen atoms in total. The third-order valence-electron chi connectivity index (χ3n) is 7.19. The summed E-state index contributed by atoms with van der Waals surface area (Å²) < 4.78 is 18.0. The Bertz CT molecular complexity index is 802. The Morgan fingerprint density at radius 3 is 1.45 bits per heavy atom. The Labute approximate surface area is 176 Å². The van der Waals surface area contributed by atoms with Crippen molar-refractivity contribution in [2.24, 2.45) is 11.8 Å². The van der Waals surface area contributed by atoms with Gasteiger partial charge >= 0.3 is 8.88 Å². The summed E-state index contributed by atoms with van der Waals surface area (Å²) in [5.74, 6) is 1.05. The molecule has 0 fully saturated rings. The standard InChI is InChI=1S/C24H34N2O2Si/c1-17-15-21-11-7-9-13-23(21)25(19(17)3)29(27-5,28-6)26-20(4)18(2)16-22-12-8-10-14-24(22)26/h7-14,17-20H,15-16H2,1-6H3. The molecule has 4 rings (SSSR count). The number of fused-ring (bicyclic) bond motifs is 2. The van der Waals surface area contributed by atoms with Crippen molar-refractivity contribution in [1.29, 1.82) is 0 Å². The Hall–Kier alpha value is -1.82. The van der Waals surface area contributed by atoms with Gasteiger partial charge in [-0.1, -0.05) is 50.2 Å². The molecule has 2 heterocycles. The summed E-state index contributed by atoms with van der Waals surface area (Å²) in [6.07, 6.45) is 2.18. The average Bonchev–Trinajstić information content (AvgIpc) is 2.73. The van der Waals surface area contributed by atoms with Crippen LogP contribution in [0.5, 0.6) is 0 Å². The van der Waals surface area contributed by atoms with Crippen molar-refractivity contribution < 1.29 is 8.85 Å². The number of para-hydroxylation sites is 2. The molecule has 2 aromatic rings. The van der Waals surface area contributed by atoms with Crippen molar-refractivity contribution in [3.05, 3.63) is 59.7 Å². The van der Waals surface area contributed by atoms with E-state index in [1.165, 1.54) is 22.5 Å². The van der Waals surface area contributed by atoms with E-state index < -0.39 is 8.88 Å². The second-order valence-corrected chi connectivity index (χ2v) is 11.7. The SMILES string of the molecule is CO[Si](OC)(N1c2ccccc2CC(C)C1C)N1c2ccccc2CC(C)C1C. The zero-order valence-corrected chi connectivity index (χ0v) is 19.6. The molecule has 0 bridgehead atoms. The molecule has 4 atom stereocenters. The molecule has 0 N–H and O–H groups in total. The smallest absolute Gasteiger partial charge is 0.365 e. The Kier molecular flexibility index (Phi) is 5.49. The number of hydrogen-bond donors (Lipinski definition) is 0. The van der Waals surface area contributed by atoms with Gasteiger partial charge in [-0.3, -0.25) is 0 Å². The van der Waals surface area contributed by atoms with E-state index in [-0.39, 0.29) is 0 Å². The molecule has 2 aliphatic rings. The maximum atomic E-state index is 6.49. The molecule has 0 radical (unpaired) electrons. The van der Waals surface area contributed by atoms with Gasteiger partial charge in [0.05, 0.1) is 0 Å².